The summed E-state index contributed by atoms with van der Waals surface area (Å²) in [6, 6.07) is 43.2. The summed E-state index contributed by atoms with van der Waals surface area (Å²) in [4.78, 5) is 10.8. The Morgan fingerprint density at radius 1 is 0.725 bits per heavy atom. The second kappa shape index (κ2) is 10.3. The van der Waals surface area contributed by atoms with Crippen molar-refractivity contribution in [1.29, 1.82) is 0 Å². The van der Waals surface area contributed by atoms with E-state index in [-0.39, 0.29) is 21.1 Å². The van der Waals surface area contributed by atoms with Gasteiger partial charge >= 0.3 is 21.1 Å². The summed E-state index contributed by atoms with van der Waals surface area (Å²) in [5.74, 6) is 0. The second-order valence-corrected chi connectivity index (χ2v) is 11.3. The van der Waals surface area contributed by atoms with Crippen LogP contribution in [0.15, 0.2) is 115 Å². The molecule has 0 saturated carbocycles. The summed E-state index contributed by atoms with van der Waals surface area (Å²) in [6.07, 6.45) is 1.82. The zero-order chi connectivity index (χ0) is 25.8. The van der Waals surface area contributed by atoms with E-state index in [9.17, 15) is 0 Å². The SMILES string of the molecule is [Pt+2].[c-]1c(-c2ccccn2)cccc1-n1c2[c-]c(-c3nc4ccc(-c5cccs5)cc4s3)ccc2c2ccccc21. The molecule has 4 aromatic heterocycles. The first-order chi connectivity index (χ1) is 19.3. The first-order valence-electron chi connectivity index (χ1n) is 12.7. The number of rotatable bonds is 4. The molecular formula is C34H19N3PtS2. The minimum atomic E-state index is 0. The minimum Gasteiger partial charge on any atom is -0.346 e. The van der Waals surface area contributed by atoms with E-state index in [4.69, 9.17) is 4.98 Å². The molecule has 0 fully saturated rings. The third-order valence-corrected chi connectivity index (χ3v) is 8.94. The number of aromatic nitrogens is 3. The number of para-hydroxylation sites is 1. The predicted octanol–water partition coefficient (Wildman–Crippen LogP) is 9.45. The number of benzene rings is 4. The molecule has 0 aliphatic heterocycles. The summed E-state index contributed by atoms with van der Waals surface area (Å²) in [5, 5.41) is 5.44. The first kappa shape index (κ1) is 25.1. The molecule has 192 valence electrons. The molecule has 8 rings (SSSR count). The van der Waals surface area contributed by atoms with Gasteiger partial charge in [0.05, 0.1) is 5.52 Å². The van der Waals surface area contributed by atoms with E-state index in [0.717, 1.165) is 49.5 Å². The largest absolute Gasteiger partial charge is 2.00 e. The Bertz CT molecular complexity index is 2130. The minimum absolute atomic E-state index is 0. The van der Waals surface area contributed by atoms with Crippen molar-refractivity contribution in [2.45, 2.75) is 0 Å². The van der Waals surface area contributed by atoms with Crippen molar-refractivity contribution >= 4 is 54.7 Å². The molecule has 0 amide bonds. The van der Waals surface area contributed by atoms with Crippen LogP contribution in [0.1, 0.15) is 0 Å². The summed E-state index contributed by atoms with van der Waals surface area (Å²) in [7, 11) is 0. The van der Waals surface area contributed by atoms with Crippen LogP contribution < -0.4 is 0 Å². The van der Waals surface area contributed by atoms with Gasteiger partial charge in [-0.3, -0.25) is 4.98 Å². The fraction of sp³-hybridized carbons (Fsp3) is 0. The Labute approximate surface area is 253 Å². The maximum atomic E-state index is 4.99. The summed E-state index contributed by atoms with van der Waals surface area (Å²) < 4.78 is 3.43. The molecule has 4 aromatic carbocycles. The first-order valence-corrected chi connectivity index (χ1v) is 14.4. The van der Waals surface area contributed by atoms with Gasteiger partial charge in [-0.2, -0.15) is 11.3 Å². The van der Waals surface area contributed by atoms with Crippen LogP contribution in [-0.2, 0) is 21.1 Å². The molecule has 0 N–H and O–H groups in total. The van der Waals surface area contributed by atoms with Gasteiger partial charge in [0.1, 0.15) is 0 Å². The molecule has 0 aliphatic rings. The molecule has 0 radical (unpaired) electrons. The molecule has 0 bridgehead atoms. The van der Waals surface area contributed by atoms with E-state index in [0.29, 0.717) is 0 Å². The summed E-state index contributed by atoms with van der Waals surface area (Å²) >= 11 is 3.47. The van der Waals surface area contributed by atoms with E-state index in [1.807, 2.05) is 24.4 Å². The van der Waals surface area contributed by atoms with Gasteiger partial charge in [0, 0.05) is 26.3 Å². The van der Waals surface area contributed by atoms with Crippen LogP contribution in [-0.4, -0.2) is 14.5 Å². The van der Waals surface area contributed by atoms with E-state index < -0.39 is 0 Å². The molecule has 0 unspecified atom stereocenters. The van der Waals surface area contributed by atoms with Crippen molar-refractivity contribution in [3.63, 3.8) is 0 Å². The quantitative estimate of drug-likeness (QED) is 0.169. The van der Waals surface area contributed by atoms with E-state index >= 15 is 0 Å². The number of hydrogen-bond acceptors (Lipinski definition) is 4. The Hall–Kier alpha value is -3.89. The molecule has 40 heavy (non-hydrogen) atoms. The van der Waals surface area contributed by atoms with Gasteiger partial charge in [-0.25, -0.2) is 0 Å². The van der Waals surface area contributed by atoms with Gasteiger partial charge in [0.2, 0.25) is 0 Å². The van der Waals surface area contributed by atoms with Crippen molar-refractivity contribution in [2.75, 3.05) is 0 Å². The Morgan fingerprint density at radius 2 is 1.65 bits per heavy atom. The fourth-order valence-electron chi connectivity index (χ4n) is 5.16. The maximum absolute atomic E-state index is 4.99. The number of nitrogens with zero attached hydrogens (tertiary/aromatic N) is 3. The zero-order valence-electron chi connectivity index (χ0n) is 20.9. The van der Waals surface area contributed by atoms with Crippen molar-refractivity contribution in [2.24, 2.45) is 0 Å². The van der Waals surface area contributed by atoms with Crippen molar-refractivity contribution < 1.29 is 21.1 Å². The number of thiophene rings is 1. The smallest absolute Gasteiger partial charge is 0.346 e. The second-order valence-electron chi connectivity index (χ2n) is 9.33. The monoisotopic (exact) mass is 728 g/mol. The van der Waals surface area contributed by atoms with Gasteiger partial charge in [-0.15, -0.1) is 64.9 Å². The maximum Gasteiger partial charge on any atom is 2.00 e. The van der Waals surface area contributed by atoms with E-state index in [1.165, 1.54) is 20.5 Å². The summed E-state index contributed by atoms with van der Waals surface area (Å²) in [6.45, 7) is 0. The average Bonchev–Trinajstić information content (AvgIpc) is 3.75. The number of fused-ring (bicyclic) bond motifs is 4. The Balaban J connectivity index is 0.00000264. The molecule has 0 atom stereocenters. The number of thiazole rings is 1. The number of hydrogen-bond donors (Lipinski definition) is 0. The molecule has 6 heteroatoms. The van der Waals surface area contributed by atoms with Gasteiger partial charge in [0.25, 0.3) is 0 Å². The fourth-order valence-corrected chi connectivity index (χ4v) is 6.87. The number of pyridine rings is 1. The normalized spacial score (nSPS) is 11.3. The van der Waals surface area contributed by atoms with Gasteiger partial charge < -0.3 is 9.55 Å². The van der Waals surface area contributed by atoms with Gasteiger partial charge in [-0.1, -0.05) is 47.9 Å². The van der Waals surface area contributed by atoms with Crippen LogP contribution in [0.5, 0.6) is 0 Å². The zero-order valence-corrected chi connectivity index (χ0v) is 24.8. The van der Waals surface area contributed by atoms with E-state index in [1.54, 1.807) is 22.7 Å². The molecule has 3 nitrogen and oxygen atoms in total. The van der Waals surface area contributed by atoms with Crippen LogP contribution in [0.25, 0.3) is 70.0 Å². The van der Waals surface area contributed by atoms with E-state index in [2.05, 4.69) is 112 Å². The third-order valence-electron chi connectivity index (χ3n) is 6.97. The average molecular weight is 729 g/mol. The van der Waals surface area contributed by atoms with Crippen LogP contribution >= 0.6 is 22.7 Å². The standard InChI is InChI=1S/C34H19N3S2.Pt/c1-2-11-30-26(9-1)27-15-13-24(34-36-29-16-14-23(21-33(29)39-34)32-12-6-18-38-32)20-31(27)37(30)25-8-5-7-22(19-25)28-10-3-4-17-35-28;/h1-18,21H;/q-2;+2. The van der Waals surface area contributed by atoms with Crippen LogP contribution in [0.4, 0.5) is 0 Å². The molecule has 0 spiro atoms. The topological polar surface area (TPSA) is 30.7 Å². The van der Waals surface area contributed by atoms with Crippen molar-refractivity contribution in [3.8, 4) is 38.0 Å². The van der Waals surface area contributed by atoms with Gasteiger partial charge in [-0.05, 0) is 63.6 Å². The Kier molecular flexibility index (Phi) is 6.44. The van der Waals surface area contributed by atoms with Crippen molar-refractivity contribution in [1.82, 2.24) is 14.5 Å². The Morgan fingerprint density at radius 3 is 2.52 bits per heavy atom. The third kappa shape index (κ3) is 4.22. The summed E-state index contributed by atoms with van der Waals surface area (Å²) in [5.41, 5.74) is 8.20. The molecule has 0 saturated heterocycles. The predicted molar refractivity (Wildman–Crippen MR) is 164 cm³/mol. The van der Waals surface area contributed by atoms with Crippen molar-refractivity contribution in [3.05, 3.63) is 127 Å². The molecule has 8 aromatic rings. The molecule has 4 heterocycles. The molecule has 0 aliphatic carbocycles. The van der Waals surface area contributed by atoms with Crippen LogP contribution in [0.2, 0.25) is 0 Å². The van der Waals surface area contributed by atoms with Crippen LogP contribution in [0, 0.1) is 12.1 Å². The molecular weight excluding hydrogens is 710 g/mol. The van der Waals surface area contributed by atoms with Gasteiger partial charge in [0.15, 0.2) is 0 Å². The van der Waals surface area contributed by atoms with Crippen LogP contribution in [0.3, 0.4) is 0 Å².